The molecule has 0 amide bonds. The number of aryl methyl sites for hydroxylation is 4. The number of halogens is 1. The first-order chi connectivity index (χ1) is 14.6. The molecule has 0 aliphatic rings. The summed E-state index contributed by atoms with van der Waals surface area (Å²) in [4.78, 5) is 0. The van der Waals surface area contributed by atoms with Crippen molar-refractivity contribution in [3.63, 3.8) is 0 Å². The van der Waals surface area contributed by atoms with Crippen LogP contribution in [0, 0.1) is 11.7 Å². The topological polar surface area (TPSA) is 40.5 Å². The molecule has 0 radical (unpaired) electrons. The van der Waals surface area contributed by atoms with Crippen LogP contribution in [-0.2, 0) is 25.7 Å². The van der Waals surface area contributed by atoms with Crippen LogP contribution in [0.15, 0.2) is 66.7 Å². The minimum Gasteiger partial charge on any atom is -0.396 e. The third kappa shape index (κ3) is 5.78. The largest absolute Gasteiger partial charge is 0.396 e. The van der Waals surface area contributed by atoms with Crippen LogP contribution < -0.4 is 0 Å². The van der Waals surface area contributed by atoms with E-state index < -0.39 is 0 Å². The van der Waals surface area contributed by atoms with Gasteiger partial charge in [0.1, 0.15) is 5.82 Å². The Morgan fingerprint density at radius 2 is 1.37 bits per heavy atom. The Kier molecular flexibility index (Phi) is 8.18. The molecule has 0 aromatic heterocycles. The highest BCUT2D eigenvalue weighted by atomic mass is 19.1. The number of benzene rings is 3. The van der Waals surface area contributed by atoms with Crippen molar-refractivity contribution in [3.8, 4) is 11.1 Å². The second-order valence-electron chi connectivity index (χ2n) is 7.91. The monoisotopic (exact) mass is 406 g/mol. The van der Waals surface area contributed by atoms with Crippen LogP contribution in [0.5, 0.6) is 0 Å². The summed E-state index contributed by atoms with van der Waals surface area (Å²) < 4.78 is 15.0. The van der Waals surface area contributed by atoms with E-state index in [4.69, 9.17) is 0 Å². The lowest BCUT2D eigenvalue weighted by atomic mass is 9.92. The zero-order valence-electron chi connectivity index (χ0n) is 17.7. The molecule has 2 nitrogen and oxygen atoms in total. The minimum atomic E-state index is -0.177. The number of aliphatic hydroxyl groups is 2. The molecule has 3 aromatic carbocycles. The van der Waals surface area contributed by atoms with Gasteiger partial charge in [-0.3, -0.25) is 0 Å². The first-order valence-electron chi connectivity index (χ1n) is 10.8. The Bertz CT molecular complexity index is 933. The van der Waals surface area contributed by atoms with Gasteiger partial charge >= 0.3 is 0 Å². The van der Waals surface area contributed by atoms with Gasteiger partial charge in [0.2, 0.25) is 0 Å². The Balaban J connectivity index is 1.74. The summed E-state index contributed by atoms with van der Waals surface area (Å²) in [7, 11) is 0. The minimum absolute atomic E-state index is 0.00293. The van der Waals surface area contributed by atoms with Gasteiger partial charge < -0.3 is 10.2 Å². The van der Waals surface area contributed by atoms with Crippen LogP contribution in [0.25, 0.3) is 11.1 Å². The number of hydrogen-bond donors (Lipinski definition) is 2. The smallest absolute Gasteiger partial charge is 0.131 e. The van der Waals surface area contributed by atoms with E-state index in [2.05, 4.69) is 25.1 Å². The molecule has 0 bridgehead atoms. The van der Waals surface area contributed by atoms with E-state index in [0.29, 0.717) is 5.56 Å². The van der Waals surface area contributed by atoms with Gasteiger partial charge in [0.25, 0.3) is 0 Å². The molecule has 0 saturated heterocycles. The van der Waals surface area contributed by atoms with Crippen molar-refractivity contribution < 1.29 is 14.6 Å². The van der Waals surface area contributed by atoms with Crippen molar-refractivity contribution in [2.45, 2.75) is 39.0 Å². The SMILES string of the molecule is CCc1cc(CCC(CO)CO)ccc1-c1ccc(CCc2ccccc2)cc1F. The van der Waals surface area contributed by atoms with Gasteiger partial charge in [-0.2, -0.15) is 0 Å². The van der Waals surface area contributed by atoms with Crippen LogP contribution in [-0.4, -0.2) is 23.4 Å². The maximum absolute atomic E-state index is 15.0. The maximum atomic E-state index is 15.0. The predicted molar refractivity (Wildman–Crippen MR) is 121 cm³/mol. The maximum Gasteiger partial charge on any atom is 0.131 e. The Morgan fingerprint density at radius 3 is 2.00 bits per heavy atom. The van der Waals surface area contributed by atoms with Crippen molar-refractivity contribution in [1.82, 2.24) is 0 Å². The molecule has 3 aromatic rings. The molecule has 0 saturated carbocycles. The third-order valence-corrected chi connectivity index (χ3v) is 5.78. The summed E-state index contributed by atoms with van der Waals surface area (Å²) >= 11 is 0. The molecule has 0 spiro atoms. The highest BCUT2D eigenvalue weighted by Gasteiger charge is 2.12. The fourth-order valence-electron chi connectivity index (χ4n) is 3.83. The van der Waals surface area contributed by atoms with E-state index >= 15 is 0 Å². The predicted octanol–water partition coefficient (Wildman–Crippen LogP) is 5.37. The van der Waals surface area contributed by atoms with Gasteiger partial charge in [0, 0.05) is 24.7 Å². The van der Waals surface area contributed by atoms with Gasteiger partial charge in [-0.1, -0.05) is 67.6 Å². The first kappa shape index (κ1) is 22.2. The van der Waals surface area contributed by atoms with Crippen LogP contribution in [0.3, 0.4) is 0 Å². The second kappa shape index (κ2) is 11.1. The lowest BCUT2D eigenvalue weighted by Gasteiger charge is -2.14. The molecule has 3 rings (SSSR count). The summed E-state index contributed by atoms with van der Waals surface area (Å²) in [6, 6.07) is 22.0. The van der Waals surface area contributed by atoms with Crippen molar-refractivity contribution >= 4 is 0 Å². The van der Waals surface area contributed by atoms with Gasteiger partial charge in [-0.25, -0.2) is 4.39 Å². The van der Waals surface area contributed by atoms with Crippen LogP contribution in [0.4, 0.5) is 4.39 Å². The molecule has 0 fully saturated rings. The third-order valence-electron chi connectivity index (χ3n) is 5.78. The number of hydrogen-bond acceptors (Lipinski definition) is 2. The average molecular weight is 407 g/mol. The Hall–Kier alpha value is -2.49. The molecule has 0 atom stereocenters. The van der Waals surface area contributed by atoms with E-state index in [1.54, 1.807) is 6.07 Å². The second-order valence-corrected chi connectivity index (χ2v) is 7.91. The summed E-state index contributed by atoms with van der Waals surface area (Å²) in [5.74, 6) is -0.265. The molecule has 158 valence electrons. The fourth-order valence-corrected chi connectivity index (χ4v) is 3.83. The van der Waals surface area contributed by atoms with E-state index in [1.807, 2.05) is 42.5 Å². The van der Waals surface area contributed by atoms with E-state index in [1.165, 1.54) is 5.56 Å². The fraction of sp³-hybridized carbons (Fsp3) is 0.333. The molecule has 0 unspecified atom stereocenters. The average Bonchev–Trinajstić information content (AvgIpc) is 2.79. The summed E-state index contributed by atoms with van der Waals surface area (Å²) in [6.45, 7) is 2.08. The van der Waals surface area contributed by atoms with Gasteiger partial charge in [0.15, 0.2) is 0 Å². The first-order valence-corrected chi connectivity index (χ1v) is 10.8. The number of rotatable bonds is 10. The zero-order chi connectivity index (χ0) is 21.3. The van der Waals surface area contributed by atoms with Crippen LogP contribution in [0.2, 0.25) is 0 Å². The lowest BCUT2D eigenvalue weighted by molar-refractivity contribution is 0.144. The summed E-state index contributed by atoms with van der Waals surface area (Å²) in [5, 5.41) is 18.5. The molecular formula is C27H31FO2. The quantitative estimate of drug-likeness (QED) is 0.475. The van der Waals surface area contributed by atoms with Crippen LogP contribution in [0.1, 0.15) is 35.6 Å². The molecule has 2 N–H and O–H groups in total. The normalized spacial score (nSPS) is 11.2. The van der Waals surface area contributed by atoms with Gasteiger partial charge in [0.05, 0.1) is 0 Å². The summed E-state index contributed by atoms with van der Waals surface area (Å²) in [6.07, 6.45) is 4.07. The molecule has 30 heavy (non-hydrogen) atoms. The van der Waals surface area contributed by atoms with E-state index in [-0.39, 0.29) is 24.9 Å². The Labute approximate surface area is 179 Å². The van der Waals surface area contributed by atoms with Gasteiger partial charge in [-0.05, 0) is 66.0 Å². The lowest BCUT2D eigenvalue weighted by Crippen LogP contribution is -2.12. The highest BCUT2D eigenvalue weighted by Crippen LogP contribution is 2.29. The molecular weight excluding hydrogens is 375 g/mol. The molecule has 3 heteroatoms. The van der Waals surface area contributed by atoms with Crippen molar-refractivity contribution in [2.24, 2.45) is 5.92 Å². The van der Waals surface area contributed by atoms with Crippen molar-refractivity contribution in [3.05, 3.63) is 94.8 Å². The molecule has 0 heterocycles. The van der Waals surface area contributed by atoms with E-state index in [0.717, 1.165) is 54.4 Å². The van der Waals surface area contributed by atoms with Gasteiger partial charge in [-0.15, -0.1) is 0 Å². The molecule has 0 aliphatic heterocycles. The van der Waals surface area contributed by atoms with E-state index in [9.17, 15) is 14.6 Å². The number of aliphatic hydroxyl groups excluding tert-OH is 2. The van der Waals surface area contributed by atoms with Crippen molar-refractivity contribution in [2.75, 3.05) is 13.2 Å². The standard InChI is InChI=1S/C27H31FO2/c1-2-24-16-21(10-11-23(18-29)19-30)12-14-25(24)26-15-13-22(17-27(26)28)9-8-20-6-4-3-5-7-20/h3-7,12-17,23,29-30H,2,8-11,18-19H2,1H3. The summed E-state index contributed by atoms with van der Waals surface area (Å²) in [5.41, 5.74) is 6.12. The van der Waals surface area contributed by atoms with Crippen molar-refractivity contribution in [1.29, 1.82) is 0 Å². The highest BCUT2D eigenvalue weighted by molar-refractivity contribution is 5.69. The molecule has 0 aliphatic carbocycles. The zero-order valence-corrected chi connectivity index (χ0v) is 17.7. The Morgan fingerprint density at radius 1 is 0.733 bits per heavy atom. The van der Waals surface area contributed by atoms with Crippen LogP contribution >= 0.6 is 0 Å².